The number of thiazole rings is 1. The Hall–Kier alpha value is -2.55. The lowest BCUT2D eigenvalue weighted by Gasteiger charge is -2.21. The molecular weight excluding hydrogens is 418 g/mol. The van der Waals surface area contributed by atoms with Crippen LogP contribution in [0.15, 0.2) is 59.5 Å². The Morgan fingerprint density at radius 2 is 1.80 bits per heavy atom. The van der Waals surface area contributed by atoms with Gasteiger partial charge in [0.1, 0.15) is 5.01 Å². The van der Waals surface area contributed by atoms with Gasteiger partial charge in [-0.05, 0) is 43.7 Å². The Labute approximate surface area is 180 Å². The predicted octanol–water partition coefficient (Wildman–Crippen LogP) is 3.54. The summed E-state index contributed by atoms with van der Waals surface area (Å²) < 4.78 is 28.4. The molecule has 30 heavy (non-hydrogen) atoms. The lowest BCUT2D eigenvalue weighted by atomic mass is 10.2. The summed E-state index contributed by atoms with van der Waals surface area (Å²) in [5.74, 6) is -0.121. The maximum Gasteiger partial charge on any atom is 0.246 e. The van der Waals surface area contributed by atoms with Crippen molar-refractivity contribution >= 4 is 43.6 Å². The van der Waals surface area contributed by atoms with Crippen LogP contribution in [0.2, 0.25) is 0 Å². The van der Waals surface area contributed by atoms with E-state index in [1.165, 1.54) is 21.7 Å². The molecule has 6 nitrogen and oxygen atoms in total. The summed E-state index contributed by atoms with van der Waals surface area (Å²) in [5, 5.41) is 0.781. The van der Waals surface area contributed by atoms with E-state index < -0.39 is 10.0 Å². The van der Waals surface area contributed by atoms with Crippen molar-refractivity contribution in [1.82, 2.24) is 14.2 Å². The van der Waals surface area contributed by atoms with Crippen LogP contribution in [-0.2, 0) is 14.8 Å². The van der Waals surface area contributed by atoms with Gasteiger partial charge in [0.05, 0.1) is 15.1 Å². The number of sulfonamides is 1. The first-order chi connectivity index (χ1) is 14.4. The van der Waals surface area contributed by atoms with Gasteiger partial charge in [-0.15, -0.1) is 11.3 Å². The predicted molar refractivity (Wildman–Crippen MR) is 120 cm³/mol. The van der Waals surface area contributed by atoms with Crippen molar-refractivity contribution in [3.8, 4) is 0 Å². The third-order valence-corrected chi connectivity index (χ3v) is 8.02. The molecule has 0 unspecified atom stereocenters. The number of benzene rings is 2. The number of rotatable bonds is 4. The average Bonchev–Trinajstić information content (AvgIpc) is 2.98. The van der Waals surface area contributed by atoms with Crippen LogP contribution in [0, 0.1) is 6.92 Å². The normalized spacial score (nSPS) is 16.2. The van der Waals surface area contributed by atoms with Crippen molar-refractivity contribution in [3.05, 3.63) is 65.2 Å². The molecule has 1 aliphatic rings. The van der Waals surface area contributed by atoms with Crippen LogP contribution in [0.1, 0.15) is 17.0 Å². The van der Waals surface area contributed by atoms with Gasteiger partial charge in [0.2, 0.25) is 15.9 Å². The average molecular weight is 442 g/mol. The standard InChI is InChI=1S/C22H23N3O3S2/c1-17-7-9-18(10-8-17)30(27,28)25-14-4-13-24(15-16-25)22(26)12-11-21-23-19-5-2-3-6-20(19)29-21/h2-3,5-12H,4,13-16H2,1H3. The van der Waals surface area contributed by atoms with Gasteiger partial charge in [0.15, 0.2) is 0 Å². The molecule has 4 rings (SSSR count). The zero-order chi connectivity index (χ0) is 21.1. The zero-order valence-corrected chi connectivity index (χ0v) is 18.3. The van der Waals surface area contributed by atoms with E-state index in [1.54, 1.807) is 35.2 Å². The SMILES string of the molecule is Cc1ccc(S(=O)(=O)N2CCCN(C(=O)C=Cc3nc4ccccc4s3)CC2)cc1. The quantitative estimate of drug-likeness (QED) is 0.581. The topological polar surface area (TPSA) is 70.6 Å². The summed E-state index contributed by atoms with van der Waals surface area (Å²) in [7, 11) is -3.55. The van der Waals surface area contributed by atoms with Crippen LogP contribution in [-0.4, -0.2) is 54.7 Å². The second kappa shape index (κ2) is 8.67. The highest BCUT2D eigenvalue weighted by atomic mass is 32.2. The monoisotopic (exact) mass is 441 g/mol. The zero-order valence-electron chi connectivity index (χ0n) is 16.7. The molecule has 0 N–H and O–H groups in total. The fourth-order valence-electron chi connectivity index (χ4n) is 3.42. The number of hydrogen-bond donors (Lipinski definition) is 0. The molecule has 0 aliphatic carbocycles. The smallest absolute Gasteiger partial charge is 0.246 e. The minimum atomic E-state index is -3.55. The van der Waals surface area contributed by atoms with Crippen molar-refractivity contribution in [3.63, 3.8) is 0 Å². The fraction of sp³-hybridized carbons (Fsp3) is 0.273. The molecule has 2 aromatic carbocycles. The van der Waals surface area contributed by atoms with E-state index in [0.29, 0.717) is 31.0 Å². The third kappa shape index (κ3) is 4.45. The number of hydrogen-bond acceptors (Lipinski definition) is 5. The number of aryl methyl sites for hydroxylation is 1. The highest BCUT2D eigenvalue weighted by molar-refractivity contribution is 7.89. The van der Waals surface area contributed by atoms with Gasteiger partial charge in [-0.3, -0.25) is 4.79 Å². The van der Waals surface area contributed by atoms with Crippen LogP contribution in [0.5, 0.6) is 0 Å². The van der Waals surface area contributed by atoms with Crippen molar-refractivity contribution in [2.45, 2.75) is 18.2 Å². The molecule has 2 heterocycles. The molecule has 156 valence electrons. The molecule has 3 aromatic rings. The molecule has 1 saturated heterocycles. The van der Waals surface area contributed by atoms with Gasteiger partial charge in [-0.2, -0.15) is 4.31 Å². The molecule has 1 aliphatic heterocycles. The van der Waals surface area contributed by atoms with Gasteiger partial charge in [-0.1, -0.05) is 29.8 Å². The second-order valence-electron chi connectivity index (χ2n) is 7.25. The molecule has 0 radical (unpaired) electrons. The molecule has 0 saturated carbocycles. The van der Waals surface area contributed by atoms with E-state index in [0.717, 1.165) is 20.8 Å². The second-order valence-corrected chi connectivity index (χ2v) is 10.2. The Bertz CT molecular complexity index is 1150. The number of aromatic nitrogens is 1. The Kier molecular flexibility index (Phi) is 5.99. The number of carbonyl (C=O) groups excluding carboxylic acids is 1. The van der Waals surface area contributed by atoms with Crippen molar-refractivity contribution in [2.75, 3.05) is 26.2 Å². The van der Waals surface area contributed by atoms with Gasteiger partial charge in [0.25, 0.3) is 0 Å². The maximum absolute atomic E-state index is 12.9. The molecule has 0 atom stereocenters. The first kappa shape index (κ1) is 20.7. The highest BCUT2D eigenvalue weighted by Crippen LogP contribution is 2.23. The van der Waals surface area contributed by atoms with E-state index in [9.17, 15) is 13.2 Å². The molecule has 1 fully saturated rings. The molecule has 0 spiro atoms. The fourth-order valence-corrected chi connectivity index (χ4v) is 5.76. The van der Waals surface area contributed by atoms with Crippen LogP contribution in [0.25, 0.3) is 16.3 Å². The summed E-state index contributed by atoms with van der Waals surface area (Å²) in [6.07, 6.45) is 3.87. The largest absolute Gasteiger partial charge is 0.338 e. The summed E-state index contributed by atoms with van der Waals surface area (Å²) in [4.78, 5) is 19.2. The lowest BCUT2D eigenvalue weighted by molar-refractivity contribution is -0.125. The first-order valence-electron chi connectivity index (χ1n) is 9.83. The van der Waals surface area contributed by atoms with Crippen LogP contribution < -0.4 is 0 Å². The van der Waals surface area contributed by atoms with E-state index >= 15 is 0 Å². The number of carbonyl (C=O) groups is 1. The minimum absolute atomic E-state index is 0.121. The first-order valence-corrected chi connectivity index (χ1v) is 12.1. The number of para-hydroxylation sites is 1. The van der Waals surface area contributed by atoms with E-state index in [-0.39, 0.29) is 12.5 Å². The Balaban J connectivity index is 1.42. The van der Waals surface area contributed by atoms with Crippen LogP contribution >= 0.6 is 11.3 Å². The summed E-state index contributed by atoms with van der Waals surface area (Å²) >= 11 is 1.54. The van der Waals surface area contributed by atoms with Gasteiger partial charge >= 0.3 is 0 Å². The van der Waals surface area contributed by atoms with Crippen molar-refractivity contribution < 1.29 is 13.2 Å². The number of fused-ring (bicyclic) bond motifs is 1. The van der Waals surface area contributed by atoms with E-state index in [4.69, 9.17) is 0 Å². The molecule has 0 bridgehead atoms. The van der Waals surface area contributed by atoms with E-state index in [1.807, 2.05) is 31.2 Å². The van der Waals surface area contributed by atoms with Crippen molar-refractivity contribution in [2.24, 2.45) is 0 Å². The van der Waals surface area contributed by atoms with Crippen molar-refractivity contribution in [1.29, 1.82) is 0 Å². The summed E-state index contributed by atoms with van der Waals surface area (Å²) in [5.41, 5.74) is 1.93. The highest BCUT2D eigenvalue weighted by Gasteiger charge is 2.27. The minimum Gasteiger partial charge on any atom is -0.338 e. The molecular formula is C22H23N3O3S2. The molecule has 8 heteroatoms. The van der Waals surface area contributed by atoms with Crippen LogP contribution in [0.4, 0.5) is 0 Å². The van der Waals surface area contributed by atoms with Gasteiger partial charge in [-0.25, -0.2) is 13.4 Å². The number of amides is 1. The van der Waals surface area contributed by atoms with E-state index in [2.05, 4.69) is 4.98 Å². The number of nitrogens with zero attached hydrogens (tertiary/aromatic N) is 3. The molecule has 1 aromatic heterocycles. The van der Waals surface area contributed by atoms with Gasteiger partial charge < -0.3 is 4.90 Å². The summed E-state index contributed by atoms with van der Waals surface area (Å²) in [6, 6.07) is 14.7. The van der Waals surface area contributed by atoms with Gasteiger partial charge in [0, 0.05) is 32.3 Å². The Morgan fingerprint density at radius 1 is 1.03 bits per heavy atom. The lowest BCUT2D eigenvalue weighted by Crippen LogP contribution is -2.36. The molecule has 1 amide bonds. The van der Waals surface area contributed by atoms with Crippen LogP contribution in [0.3, 0.4) is 0 Å². The maximum atomic E-state index is 12.9. The summed E-state index contributed by atoms with van der Waals surface area (Å²) in [6.45, 7) is 3.52. The Morgan fingerprint density at radius 3 is 2.57 bits per heavy atom. The third-order valence-electron chi connectivity index (χ3n) is 5.10.